The minimum absolute atomic E-state index is 0.132. The van der Waals surface area contributed by atoms with Gasteiger partial charge in [-0.15, -0.1) is 0 Å². The zero-order chi connectivity index (χ0) is 28.0. The molecule has 0 radical (unpaired) electrons. The fourth-order valence-corrected chi connectivity index (χ4v) is 4.52. The number of carbonyl (C=O) groups excluding carboxylic acids is 2. The Labute approximate surface area is 232 Å². The lowest BCUT2D eigenvalue weighted by Gasteiger charge is -2.09. The molecule has 0 aliphatic rings. The normalized spacial score (nSPS) is 10.6. The van der Waals surface area contributed by atoms with Gasteiger partial charge in [-0.3, -0.25) is 4.79 Å². The molecule has 37 heavy (non-hydrogen) atoms. The van der Waals surface area contributed by atoms with Crippen LogP contribution in [0.5, 0.6) is 0 Å². The van der Waals surface area contributed by atoms with Gasteiger partial charge < -0.3 is 13.9 Å². The van der Waals surface area contributed by atoms with Crippen LogP contribution in [-0.4, -0.2) is 40.8 Å². The summed E-state index contributed by atoms with van der Waals surface area (Å²) in [6.07, 6.45) is 26.3. The van der Waals surface area contributed by atoms with Crippen molar-refractivity contribution in [3.8, 4) is 0 Å². The molecule has 5 nitrogen and oxygen atoms in total. The third-order valence-electron chi connectivity index (χ3n) is 6.14. The highest BCUT2D eigenvalue weighted by atomic mass is 28.3. The van der Waals surface area contributed by atoms with Crippen LogP contribution in [0.3, 0.4) is 0 Å². The Bertz CT molecular complexity index is 504. The van der Waals surface area contributed by atoms with Crippen LogP contribution in [0, 0.1) is 0 Å². The minimum atomic E-state index is -1.44. The molecule has 220 valence electrons. The standard InChI is InChI=1S/C20H42.C11H20O5Si/c1-3-5-7-9-11-13-15-17-19-20-18-16-14-12-10-8-6-4-2;1-5-14-6-7-15-10(12)8-9(2)11(13)16-17(3)4/h3-20H2,1-2H3;17H,2,5-8H2,1,3-4H3. The van der Waals surface area contributed by atoms with Crippen molar-refractivity contribution < 1.29 is 23.5 Å². The monoisotopic (exact) mass is 542 g/mol. The van der Waals surface area contributed by atoms with Crippen molar-refractivity contribution in [1.82, 2.24) is 0 Å². The SMILES string of the molecule is C=C(CC(=O)OCCOCC)C(=O)O[SiH](C)C.CCCCCCCCCCCCCCCCCCCC. The van der Waals surface area contributed by atoms with Crippen LogP contribution < -0.4 is 0 Å². The van der Waals surface area contributed by atoms with E-state index in [4.69, 9.17) is 13.9 Å². The lowest BCUT2D eigenvalue weighted by molar-refractivity contribution is -0.145. The summed E-state index contributed by atoms with van der Waals surface area (Å²) in [5, 5.41) is 0. The summed E-state index contributed by atoms with van der Waals surface area (Å²) in [5.74, 6) is -0.995. The number of rotatable bonds is 25. The first-order valence-corrected chi connectivity index (χ1v) is 18.3. The molecular weight excluding hydrogens is 480 g/mol. The van der Waals surface area contributed by atoms with E-state index in [1.807, 2.05) is 20.0 Å². The molecule has 0 fully saturated rings. The number of esters is 1. The van der Waals surface area contributed by atoms with Crippen LogP contribution in [0.1, 0.15) is 143 Å². The van der Waals surface area contributed by atoms with Crippen LogP contribution >= 0.6 is 0 Å². The van der Waals surface area contributed by atoms with Crippen molar-refractivity contribution in [2.24, 2.45) is 0 Å². The van der Waals surface area contributed by atoms with Crippen molar-refractivity contribution in [2.75, 3.05) is 19.8 Å². The average molecular weight is 543 g/mol. The molecule has 0 spiro atoms. The molecule has 0 aromatic carbocycles. The van der Waals surface area contributed by atoms with Gasteiger partial charge in [-0.05, 0) is 20.0 Å². The van der Waals surface area contributed by atoms with Gasteiger partial charge in [0.25, 0.3) is 0 Å². The fourth-order valence-electron chi connectivity index (χ4n) is 3.93. The molecule has 0 saturated heterocycles. The van der Waals surface area contributed by atoms with Gasteiger partial charge in [0.15, 0.2) is 0 Å². The largest absolute Gasteiger partial charge is 0.519 e. The van der Waals surface area contributed by atoms with Gasteiger partial charge >= 0.3 is 11.9 Å². The van der Waals surface area contributed by atoms with Crippen LogP contribution in [0.4, 0.5) is 0 Å². The molecule has 0 saturated carbocycles. The number of unbranched alkanes of at least 4 members (excludes halogenated alkanes) is 17. The second-order valence-electron chi connectivity index (χ2n) is 10.3. The topological polar surface area (TPSA) is 61.8 Å². The molecule has 0 aromatic heterocycles. The molecule has 0 aliphatic carbocycles. The van der Waals surface area contributed by atoms with E-state index in [1.165, 1.54) is 116 Å². The molecule has 0 atom stereocenters. The Morgan fingerprint density at radius 2 is 1.00 bits per heavy atom. The van der Waals surface area contributed by atoms with Crippen molar-refractivity contribution in [3.05, 3.63) is 12.2 Å². The molecular formula is C31H62O5Si. The van der Waals surface area contributed by atoms with E-state index in [9.17, 15) is 9.59 Å². The van der Waals surface area contributed by atoms with Crippen molar-refractivity contribution >= 4 is 21.0 Å². The zero-order valence-electron chi connectivity index (χ0n) is 25.4. The van der Waals surface area contributed by atoms with Crippen LogP contribution in [0.25, 0.3) is 0 Å². The Balaban J connectivity index is 0. The lowest BCUT2D eigenvalue weighted by Crippen LogP contribution is -2.19. The van der Waals surface area contributed by atoms with Crippen molar-refractivity contribution in [2.45, 2.75) is 156 Å². The van der Waals surface area contributed by atoms with E-state index in [2.05, 4.69) is 20.4 Å². The summed E-state index contributed by atoms with van der Waals surface area (Å²) >= 11 is 0. The quantitative estimate of drug-likeness (QED) is 0.0498. The van der Waals surface area contributed by atoms with E-state index in [0.717, 1.165) is 0 Å². The Morgan fingerprint density at radius 1 is 0.622 bits per heavy atom. The predicted molar refractivity (Wildman–Crippen MR) is 161 cm³/mol. The first kappa shape index (κ1) is 38.0. The number of hydrogen-bond donors (Lipinski definition) is 0. The Hall–Kier alpha value is -1.14. The second-order valence-corrected chi connectivity index (χ2v) is 12.6. The highest BCUT2D eigenvalue weighted by molar-refractivity contribution is 6.51. The first-order valence-electron chi connectivity index (χ1n) is 15.5. The van der Waals surface area contributed by atoms with Gasteiger partial charge in [0.2, 0.25) is 9.04 Å². The molecule has 0 rings (SSSR count). The summed E-state index contributed by atoms with van der Waals surface area (Å²) in [5.41, 5.74) is 0.132. The zero-order valence-corrected chi connectivity index (χ0v) is 26.5. The summed E-state index contributed by atoms with van der Waals surface area (Å²) in [6.45, 7) is 14.8. The van der Waals surface area contributed by atoms with Gasteiger partial charge in [-0.1, -0.05) is 136 Å². The maximum Gasteiger partial charge on any atom is 0.320 e. The smallest absolute Gasteiger partial charge is 0.320 e. The molecule has 0 aromatic rings. The number of carbonyl (C=O) groups is 2. The highest BCUT2D eigenvalue weighted by Gasteiger charge is 2.15. The Morgan fingerprint density at radius 3 is 1.32 bits per heavy atom. The molecule has 0 heterocycles. The van der Waals surface area contributed by atoms with E-state index in [0.29, 0.717) is 13.2 Å². The summed E-state index contributed by atoms with van der Waals surface area (Å²) < 4.78 is 14.9. The van der Waals surface area contributed by atoms with Gasteiger partial charge in [0.05, 0.1) is 13.0 Å². The summed E-state index contributed by atoms with van der Waals surface area (Å²) in [7, 11) is -1.44. The third-order valence-corrected chi connectivity index (χ3v) is 6.83. The van der Waals surface area contributed by atoms with Gasteiger partial charge in [0, 0.05) is 12.2 Å². The average Bonchev–Trinajstić information content (AvgIpc) is 2.86. The predicted octanol–water partition coefficient (Wildman–Crippen LogP) is 9.09. The lowest BCUT2D eigenvalue weighted by atomic mass is 10.0. The van der Waals surface area contributed by atoms with Crippen LogP contribution in [-0.2, 0) is 23.5 Å². The molecule has 0 aliphatic heterocycles. The molecule has 0 amide bonds. The maximum atomic E-state index is 11.3. The van der Waals surface area contributed by atoms with Crippen molar-refractivity contribution in [1.29, 1.82) is 0 Å². The van der Waals surface area contributed by atoms with E-state index < -0.39 is 21.0 Å². The second kappa shape index (κ2) is 31.1. The summed E-state index contributed by atoms with van der Waals surface area (Å²) in [4.78, 5) is 22.6. The van der Waals surface area contributed by atoms with Crippen LogP contribution in [0.15, 0.2) is 12.2 Å². The minimum Gasteiger partial charge on any atom is -0.519 e. The first-order chi connectivity index (χ1) is 17.9. The third kappa shape index (κ3) is 32.8. The maximum absolute atomic E-state index is 11.3. The summed E-state index contributed by atoms with van der Waals surface area (Å²) in [6, 6.07) is 0. The van der Waals surface area contributed by atoms with Gasteiger partial charge in [-0.25, -0.2) is 4.79 Å². The van der Waals surface area contributed by atoms with Crippen molar-refractivity contribution in [3.63, 3.8) is 0 Å². The molecule has 0 unspecified atom stereocenters. The molecule has 6 heteroatoms. The number of ether oxygens (including phenoxy) is 2. The van der Waals surface area contributed by atoms with E-state index >= 15 is 0 Å². The van der Waals surface area contributed by atoms with E-state index in [-0.39, 0.29) is 18.6 Å². The van der Waals surface area contributed by atoms with Gasteiger partial charge in [0.1, 0.15) is 6.61 Å². The number of hydrogen-bond acceptors (Lipinski definition) is 5. The highest BCUT2D eigenvalue weighted by Crippen LogP contribution is 2.14. The van der Waals surface area contributed by atoms with Crippen LogP contribution in [0.2, 0.25) is 13.1 Å². The molecule has 0 bridgehead atoms. The molecule has 0 N–H and O–H groups in total. The van der Waals surface area contributed by atoms with Gasteiger partial charge in [-0.2, -0.15) is 0 Å². The fraction of sp³-hybridized carbons (Fsp3) is 0.871. The Kier molecular flexibility index (Phi) is 31.9. The van der Waals surface area contributed by atoms with E-state index in [1.54, 1.807) is 0 Å².